The van der Waals surface area contributed by atoms with E-state index < -0.39 is 0 Å². The standard InChI is InChI=1S/C19H22N2O3/c22-17(20-10-9-13-5-1-2-6-14(13)11-20)12-21-18(23)15-7-3-4-8-16(15)19(21)24/h3-4,7-8,13-14H,1-2,5-6,9-12H2/t13-,14+/m1/s1. The molecule has 0 unspecified atom stereocenters. The van der Waals surface area contributed by atoms with Crippen LogP contribution in [0.15, 0.2) is 24.3 Å². The van der Waals surface area contributed by atoms with Gasteiger partial charge in [-0.25, -0.2) is 0 Å². The molecule has 1 saturated carbocycles. The highest BCUT2D eigenvalue weighted by Gasteiger charge is 2.38. The average molecular weight is 326 g/mol. The summed E-state index contributed by atoms with van der Waals surface area (Å²) < 4.78 is 0. The second-order valence-corrected chi connectivity index (χ2v) is 7.18. The van der Waals surface area contributed by atoms with Crippen molar-refractivity contribution in [2.75, 3.05) is 19.6 Å². The minimum Gasteiger partial charge on any atom is -0.341 e. The van der Waals surface area contributed by atoms with Gasteiger partial charge in [0, 0.05) is 13.1 Å². The summed E-state index contributed by atoms with van der Waals surface area (Å²) in [6.45, 7) is 1.40. The zero-order valence-electron chi connectivity index (χ0n) is 13.7. The lowest BCUT2D eigenvalue weighted by atomic mass is 9.75. The number of piperidine rings is 1. The smallest absolute Gasteiger partial charge is 0.262 e. The molecule has 2 fully saturated rings. The van der Waals surface area contributed by atoms with E-state index in [-0.39, 0.29) is 24.3 Å². The maximum absolute atomic E-state index is 12.7. The second kappa shape index (κ2) is 6.04. The quantitative estimate of drug-likeness (QED) is 0.784. The molecule has 0 bridgehead atoms. The number of carbonyl (C=O) groups is 3. The van der Waals surface area contributed by atoms with Gasteiger partial charge < -0.3 is 4.90 Å². The Kier molecular flexibility index (Phi) is 3.87. The summed E-state index contributed by atoms with van der Waals surface area (Å²) in [5, 5.41) is 0. The first kappa shape index (κ1) is 15.4. The first-order chi connectivity index (χ1) is 11.6. The Bertz CT molecular complexity index is 665. The van der Waals surface area contributed by atoms with E-state index >= 15 is 0 Å². The Morgan fingerprint density at radius 2 is 1.58 bits per heavy atom. The molecule has 2 atom stereocenters. The third-order valence-electron chi connectivity index (χ3n) is 5.82. The van der Waals surface area contributed by atoms with E-state index in [2.05, 4.69) is 0 Å². The van der Waals surface area contributed by atoms with Crippen molar-refractivity contribution in [2.24, 2.45) is 11.8 Å². The Balaban J connectivity index is 1.44. The molecule has 1 aliphatic carbocycles. The number of likely N-dealkylation sites (tertiary alicyclic amines) is 1. The number of nitrogens with zero attached hydrogens (tertiary/aromatic N) is 2. The molecule has 1 aromatic carbocycles. The van der Waals surface area contributed by atoms with E-state index in [9.17, 15) is 14.4 Å². The summed E-state index contributed by atoms with van der Waals surface area (Å²) in [5.74, 6) is 0.544. The predicted octanol–water partition coefficient (Wildman–Crippen LogP) is 2.32. The van der Waals surface area contributed by atoms with Gasteiger partial charge in [-0.3, -0.25) is 19.3 Å². The second-order valence-electron chi connectivity index (χ2n) is 7.18. The van der Waals surface area contributed by atoms with Gasteiger partial charge in [0.05, 0.1) is 11.1 Å². The molecule has 5 nitrogen and oxygen atoms in total. The maximum atomic E-state index is 12.7. The summed E-state index contributed by atoms with van der Waals surface area (Å²) in [6, 6.07) is 6.77. The van der Waals surface area contributed by atoms with Crippen molar-refractivity contribution in [1.82, 2.24) is 9.80 Å². The van der Waals surface area contributed by atoms with Crippen molar-refractivity contribution < 1.29 is 14.4 Å². The van der Waals surface area contributed by atoms with Crippen molar-refractivity contribution in [1.29, 1.82) is 0 Å². The molecule has 3 aliphatic rings. The first-order valence-corrected chi connectivity index (χ1v) is 8.88. The van der Waals surface area contributed by atoms with Crippen LogP contribution in [-0.4, -0.2) is 47.2 Å². The highest BCUT2D eigenvalue weighted by atomic mass is 16.2. The molecule has 3 amide bonds. The van der Waals surface area contributed by atoms with E-state index in [1.807, 2.05) is 4.90 Å². The molecule has 0 N–H and O–H groups in total. The normalized spacial score (nSPS) is 26.3. The largest absolute Gasteiger partial charge is 0.341 e. The lowest BCUT2D eigenvalue weighted by Gasteiger charge is -2.41. The van der Waals surface area contributed by atoms with Crippen molar-refractivity contribution >= 4 is 17.7 Å². The van der Waals surface area contributed by atoms with Crippen molar-refractivity contribution in [3.8, 4) is 0 Å². The van der Waals surface area contributed by atoms with Crippen LogP contribution in [0, 0.1) is 11.8 Å². The number of carbonyl (C=O) groups excluding carboxylic acids is 3. The Morgan fingerprint density at radius 3 is 2.25 bits per heavy atom. The van der Waals surface area contributed by atoms with E-state index in [1.54, 1.807) is 24.3 Å². The Labute approximate surface area is 141 Å². The predicted molar refractivity (Wildman–Crippen MR) is 88.5 cm³/mol. The van der Waals surface area contributed by atoms with Gasteiger partial charge in [-0.1, -0.05) is 31.4 Å². The van der Waals surface area contributed by atoms with Crippen LogP contribution >= 0.6 is 0 Å². The third-order valence-corrected chi connectivity index (χ3v) is 5.82. The third kappa shape index (κ3) is 2.52. The molecule has 1 aromatic rings. The van der Waals surface area contributed by atoms with Gasteiger partial charge in [-0.15, -0.1) is 0 Å². The zero-order chi connectivity index (χ0) is 16.7. The highest BCUT2D eigenvalue weighted by molar-refractivity contribution is 6.22. The number of imide groups is 1. The van der Waals surface area contributed by atoms with Crippen LogP contribution in [0.1, 0.15) is 52.8 Å². The monoisotopic (exact) mass is 326 g/mol. The van der Waals surface area contributed by atoms with Crippen LogP contribution < -0.4 is 0 Å². The molecule has 2 aliphatic heterocycles. The lowest BCUT2D eigenvalue weighted by Crippen LogP contribution is -2.49. The molecule has 0 radical (unpaired) electrons. The van der Waals surface area contributed by atoms with E-state index in [0.717, 1.165) is 30.3 Å². The molecular formula is C19H22N2O3. The minimum absolute atomic E-state index is 0.103. The van der Waals surface area contributed by atoms with Crippen molar-refractivity contribution in [2.45, 2.75) is 32.1 Å². The SMILES string of the molecule is O=C(CN1C(=O)c2ccccc2C1=O)N1CC[C@H]2CCCC[C@H]2C1. The van der Waals surface area contributed by atoms with Crippen molar-refractivity contribution in [3.05, 3.63) is 35.4 Å². The zero-order valence-corrected chi connectivity index (χ0v) is 13.7. The molecule has 0 aromatic heterocycles. The molecule has 126 valence electrons. The Hall–Kier alpha value is -2.17. The minimum atomic E-state index is -0.350. The van der Waals surface area contributed by atoms with E-state index in [1.165, 1.54) is 25.7 Å². The topological polar surface area (TPSA) is 57.7 Å². The van der Waals surface area contributed by atoms with Crippen LogP contribution in [0.3, 0.4) is 0 Å². The Morgan fingerprint density at radius 1 is 0.958 bits per heavy atom. The van der Waals surface area contributed by atoms with Crippen LogP contribution in [-0.2, 0) is 4.79 Å². The average Bonchev–Trinajstić information content (AvgIpc) is 2.86. The summed E-state index contributed by atoms with van der Waals surface area (Å²) in [7, 11) is 0. The highest BCUT2D eigenvalue weighted by Crippen LogP contribution is 2.36. The summed E-state index contributed by atoms with van der Waals surface area (Å²) in [6.07, 6.45) is 6.09. The van der Waals surface area contributed by atoms with Gasteiger partial charge in [0.15, 0.2) is 0 Å². The fraction of sp³-hybridized carbons (Fsp3) is 0.526. The fourth-order valence-electron chi connectivity index (χ4n) is 4.45. The maximum Gasteiger partial charge on any atom is 0.262 e. The van der Waals surface area contributed by atoms with Crippen LogP contribution in [0.5, 0.6) is 0 Å². The summed E-state index contributed by atoms with van der Waals surface area (Å²) in [5.41, 5.74) is 0.808. The van der Waals surface area contributed by atoms with E-state index in [0.29, 0.717) is 17.0 Å². The van der Waals surface area contributed by atoms with E-state index in [4.69, 9.17) is 0 Å². The number of fused-ring (bicyclic) bond motifs is 2. The number of hydrogen-bond donors (Lipinski definition) is 0. The van der Waals surface area contributed by atoms with Gasteiger partial charge in [0.25, 0.3) is 11.8 Å². The summed E-state index contributed by atoms with van der Waals surface area (Å²) in [4.78, 5) is 40.4. The lowest BCUT2D eigenvalue weighted by molar-refractivity contribution is -0.134. The fourth-order valence-corrected chi connectivity index (χ4v) is 4.45. The number of hydrogen-bond acceptors (Lipinski definition) is 3. The molecule has 4 rings (SSSR count). The van der Waals surface area contributed by atoms with Crippen LogP contribution in [0.25, 0.3) is 0 Å². The molecule has 0 spiro atoms. The van der Waals surface area contributed by atoms with Crippen LogP contribution in [0.2, 0.25) is 0 Å². The molecule has 5 heteroatoms. The molecule has 2 heterocycles. The van der Waals surface area contributed by atoms with Gasteiger partial charge in [-0.05, 0) is 36.8 Å². The first-order valence-electron chi connectivity index (χ1n) is 8.88. The van der Waals surface area contributed by atoms with Gasteiger partial charge in [-0.2, -0.15) is 0 Å². The van der Waals surface area contributed by atoms with Gasteiger partial charge in [0.1, 0.15) is 6.54 Å². The van der Waals surface area contributed by atoms with Crippen molar-refractivity contribution in [3.63, 3.8) is 0 Å². The van der Waals surface area contributed by atoms with Crippen LogP contribution in [0.4, 0.5) is 0 Å². The number of rotatable bonds is 2. The summed E-state index contributed by atoms with van der Waals surface area (Å²) >= 11 is 0. The number of benzene rings is 1. The van der Waals surface area contributed by atoms with Gasteiger partial charge >= 0.3 is 0 Å². The molecule has 1 saturated heterocycles. The number of amides is 3. The molecule has 24 heavy (non-hydrogen) atoms. The molecular weight excluding hydrogens is 304 g/mol. The van der Waals surface area contributed by atoms with Gasteiger partial charge in [0.2, 0.25) is 5.91 Å².